The highest BCUT2D eigenvalue weighted by Crippen LogP contribution is 2.48. The number of para-hydroxylation sites is 2. The lowest BCUT2D eigenvalue weighted by molar-refractivity contribution is 0.595. The number of allylic oxidation sites excluding steroid dienone is 1. The lowest BCUT2D eigenvalue weighted by Crippen LogP contribution is -1.94. The molecule has 4 nitrogen and oxygen atoms in total. The maximum Gasteiger partial charge on any atom is 0.135 e. The number of thiophene rings is 1. The Kier molecular flexibility index (Phi) is 5.74. The molecule has 0 atom stereocenters. The summed E-state index contributed by atoms with van der Waals surface area (Å²) in [6.45, 7) is 0. The predicted molar refractivity (Wildman–Crippen MR) is 218 cm³/mol. The first-order valence-corrected chi connectivity index (χ1v) is 18.7. The standard InChI is InChI=1S/C47H29N3OS/c1-4-16-38-34(13-1)44-40(49(38)29-11-9-10-28(26-29)37-15-7-8-25-48-37)22-20-32-33-21-23-41-45(47(33)52-46(32)44)35-14-2-5-17-39(35)50(41)30-19-24-43-36(27-30)31-12-3-6-18-42(31)51-43/h1-2,4-11,13-27H,3,12H2. The molecule has 0 fully saturated rings. The Balaban J connectivity index is 1.13. The van der Waals surface area contributed by atoms with Crippen LogP contribution in [0.5, 0.6) is 0 Å². The first kappa shape index (κ1) is 28.3. The minimum absolute atomic E-state index is 0.958. The van der Waals surface area contributed by atoms with Crippen LogP contribution in [0.1, 0.15) is 17.7 Å². The van der Waals surface area contributed by atoms with Crippen LogP contribution in [-0.4, -0.2) is 14.1 Å². The van der Waals surface area contributed by atoms with Crippen molar-refractivity contribution in [2.45, 2.75) is 12.8 Å². The average Bonchev–Trinajstić information content (AvgIpc) is 3.95. The molecule has 52 heavy (non-hydrogen) atoms. The molecule has 0 aliphatic heterocycles. The maximum absolute atomic E-state index is 6.25. The number of benzene rings is 6. The van der Waals surface area contributed by atoms with Gasteiger partial charge in [-0.25, -0.2) is 0 Å². The van der Waals surface area contributed by atoms with Gasteiger partial charge in [0.05, 0.1) is 27.8 Å². The second-order valence-corrected chi connectivity index (χ2v) is 14.8. The van der Waals surface area contributed by atoms with Gasteiger partial charge in [0.25, 0.3) is 0 Å². The van der Waals surface area contributed by atoms with Crippen molar-refractivity contribution >= 4 is 92.2 Å². The normalized spacial score (nSPS) is 13.2. The monoisotopic (exact) mass is 683 g/mol. The van der Waals surface area contributed by atoms with Gasteiger partial charge in [-0.15, -0.1) is 11.3 Å². The topological polar surface area (TPSA) is 35.9 Å². The van der Waals surface area contributed by atoms with Crippen molar-refractivity contribution in [2.75, 3.05) is 0 Å². The first-order chi connectivity index (χ1) is 25.8. The maximum atomic E-state index is 6.25. The molecule has 0 radical (unpaired) electrons. The Morgan fingerprint density at radius 2 is 1.25 bits per heavy atom. The van der Waals surface area contributed by atoms with Crippen LogP contribution in [0.3, 0.4) is 0 Å². The fourth-order valence-corrected chi connectivity index (χ4v) is 10.2. The number of aryl methyl sites for hydroxylation is 1. The molecule has 5 aromatic heterocycles. The third-order valence-corrected chi connectivity index (χ3v) is 12.3. The van der Waals surface area contributed by atoms with E-state index in [9.17, 15) is 0 Å². The van der Waals surface area contributed by atoms with Crippen LogP contribution in [0.4, 0.5) is 0 Å². The summed E-state index contributed by atoms with van der Waals surface area (Å²) < 4.78 is 13.8. The minimum atomic E-state index is 0.958. The molecule has 0 spiro atoms. The van der Waals surface area contributed by atoms with E-state index in [4.69, 9.17) is 4.42 Å². The summed E-state index contributed by atoms with van der Waals surface area (Å²) in [6, 6.07) is 48.6. The van der Waals surface area contributed by atoms with Crippen molar-refractivity contribution < 1.29 is 4.42 Å². The van der Waals surface area contributed by atoms with Crippen LogP contribution in [0.25, 0.3) is 103 Å². The van der Waals surface area contributed by atoms with Gasteiger partial charge in [-0.1, -0.05) is 72.8 Å². The van der Waals surface area contributed by atoms with Crippen molar-refractivity contribution in [1.82, 2.24) is 14.1 Å². The van der Waals surface area contributed by atoms with Gasteiger partial charge in [0.1, 0.15) is 11.3 Å². The van der Waals surface area contributed by atoms with Crippen molar-refractivity contribution in [3.63, 3.8) is 0 Å². The van der Waals surface area contributed by atoms with E-state index in [1.165, 1.54) is 74.7 Å². The molecule has 0 bridgehead atoms. The Hall–Kier alpha value is -6.43. The van der Waals surface area contributed by atoms with Crippen LogP contribution in [-0.2, 0) is 6.42 Å². The number of fused-ring (bicyclic) bond motifs is 14. The number of pyridine rings is 1. The van der Waals surface area contributed by atoms with Gasteiger partial charge in [0.2, 0.25) is 0 Å². The predicted octanol–water partition coefficient (Wildman–Crippen LogP) is 13.0. The van der Waals surface area contributed by atoms with E-state index in [0.717, 1.165) is 46.8 Å². The van der Waals surface area contributed by atoms with Crippen LogP contribution >= 0.6 is 11.3 Å². The molecule has 0 saturated carbocycles. The Labute approximate surface area is 302 Å². The van der Waals surface area contributed by atoms with Gasteiger partial charge >= 0.3 is 0 Å². The smallest absolute Gasteiger partial charge is 0.135 e. The van der Waals surface area contributed by atoms with Gasteiger partial charge in [0.15, 0.2) is 0 Å². The van der Waals surface area contributed by atoms with Crippen molar-refractivity contribution in [3.8, 4) is 22.6 Å². The second kappa shape index (κ2) is 10.5. The minimum Gasteiger partial charge on any atom is -0.456 e. The van der Waals surface area contributed by atoms with E-state index in [1.807, 2.05) is 29.7 Å². The number of nitrogens with zero attached hydrogens (tertiary/aromatic N) is 3. The fraction of sp³-hybridized carbons (Fsp3) is 0.0426. The number of aromatic nitrogens is 3. The van der Waals surface area contributed by atoms with Crippen molar-refractivity contribution in [2.24, 2.45) is 0 Å². The van der Waals surface area contributed by atoms with Gasteiger partial charge in [0, 0.05) is 75.8 Å². The van der Waals surface area contributed by atoms with E-state index >= 15 is 0 Å². The van der Waals surface area contributed by atoms with E-state index in [1.54, 1.807) is 0 Å². The van der Waals surface area contributed by atoms with Gasteiger partial charge < -0.3 is 13.6 Å². The molecule has 1 aliphatic carbocycles. The molecule has 0 saturated heterocycles. The van der Waals surface area contributed by atoms with E-state index in [0.29, 0.717) is 0 Å². The third-order valence-electron chi connectivity index (χ3n) is 11.0. The molecular formula is C47H29N3OS. The van der Waals surface area contributed by atoms with E-state index < -0.39 is 0 Å². The summed E-state index contributed by atoms with van der Waals surface area (Å²) in [7, 11) is 0. The first-order valence-electron chi connectivity index (χ1n) is 17.8. The fourth-order valence-electron chi connectivity index (χ4n) is 8.80. The molecule has 11 aromatic rings. The molecular weight excluding hydrogens is 655 g/mol. The third kappa shape index (κ3) is 3.83. The highest BCUT2D eigenvalue weighted by molar-refractivity contribution is 7.27. The Bertz CT molecular complexity index is 3300. The van der Waals surface area contributed by atoms with Gasteiger partial charge in [-0.2, -0.15) is 0 Å². The number of rotatable bonds is 3. The van der Waals surface area contributed by atoms with Crippen LogP contribution in [0, 0.1) is 0 Å². The summed E-state index contributed by atoms with van der Waals surface area (Å²) in [4.78, 5) is 4.64. The molecule has 0 unspecified atom stereocenters. The summed E-state index contributed by atoms with van der Waals surface area (Å²) in [6.07, 6.45) is 8.26. The molecule has 6 aromatic carbocycles. The average molecular weight is 684 g/mol. The van der Waals surface area contributed by atoms with Crippen LogP contribution in [0.2, 0.25) is 0 Å². The zero-order valence-corrected chi connectivity index (χ0v) is 28.8. The highest BCUT2D eigenvalue weighted by Gasteiger charge is 2.22. The lowest BCUT2D eigenvalue weighted by Gasteiger charge is -2.10. The zero-order valence-electron chi connectivity index (χ0n) is 28.0. The van der Waals surface area contributed by atoms with Gasteiger partial charge in [-0.3, -0.25) is 4.98 Å². The Morgan fingerprint density at radius 3 is 1.96 bits per heavy atom. The quantitative estimate of drug-likeness (QED) is 0.186. The summed E-state index contributed by atoms with van der Waals surface area (Å²) in [5.41, 5.74) is 11.5. The molecule has 12 rings (SSSR count). The SMILES string of the molecule is C1=Cc2oc3ccc(-n4c5ccccc5c5c6sc7c(ccc8c7c7ccccc7n8-c7cccc(-c8ccccn8)c7)c6ccc54)cc3c2CC1. The van der Waals surface area contributed by atoms with E-state index in [-0.39, 0.29) is 0 Å². The zero-order chi connectivity index (χ0) is 33.9. The highest BCUT2D eigenvalue weighted by atomic mass is 32.1. The molecule has 5 heterocycles. The summed E-state index contributed by atoms with van der Waals surface area (Å²) in [5.74, 6) is 1.00. The summed E-state index contributed by atoms with van der Waals surface area (Å²) >= 11 is 1.93. The number of hydrogen-bond acceptors (Lipinski definition) is 3. The Morgan fingerprint density at radius 1 is 0.558 bits per heavy atom. The van der Waals surface area contributed by atoms with E-state index in [2.05, 4.69) is 148 Å². The molecule has 0 N–H and O–H groups in total. The van der Waals surface area contributed by atoms with Crippen LogP contribution in [0.15, 0.2) is 150 Å². The second-order valence-electron chi connectivity index (χ2n) is 13.8. The number of furan rings is 1. The largest absolute Gasteiger partial charge is 0.456 e. The summed E-state index contributed by atoms with van der Waals surface area (Å²) in [5, 5.41) is 8.98. The molecule has 244 valence electrons. The van der Waals surface area contributed by atoms with Crippen LogP contribution < -0.4 is 0 Å². The molecule has 5 heteroatoms. The number of hydrogen-bond donors (Lipinski definition) is 0. The molecule has 0 amide bonds. The lowest BCUT2D eigenvalue weighted by atomic mass is 10.0. The van der Waals surface area contributed by atoms with Crippen molar-refractivity contribution in [3.05, 3.63) is 157 Å². The molecule has 1 aliphatic rings. The van der Waals surface area contributed by atoms with Crippen molar-refractivity contribution in [1.29, 1.82) is 0 Å². The van der Waals surface area contributed by atoms with Gasteiger partial charge in [-0.05, 0) is 85.6 Å².